The van der Waals surface area contributed by atoms with Crippen molar-refractivity contribution in [2.75, 3.05) is 37.6 Å². The number of aromatic nitrogens is 1. The van der Waals surface area contributed by atoms with E-state index in [-0.39, 0.29) is 5.91 Å². The first kappa shape index (κ1) is 14.3. The number of amides is 1. The number of rotatable bonds is 4. The smallest absolute Gasteiger partial charge is 0.231 e. The topological polar surface area (TPSA) is 86.2 Å². The summed E-state index contributed by atoms with van der Waals surface area (Å²) in [7, 11) is 0. The highest BCUT2D eigenvalue weighted by Gasteiger charge is 2.20. The van der Waals surface area contributed by atoms with Gasteiger partial charge in [-0.2, -0.15) is 5.26 Å². The first-order chi connectivity index (χ1) is 9.60. The lowest BCUT2D eigenvalue weighted by molar-refractivity contribution is -0.119. The fourth-order valence-corrected chi connectivity index (χ4v) is 2.39. The summed E-state index contributed by atoms with van der Waals surface area (Å²) < 4.78 is 0. The molecule has 0 aliphatic carbocycles. The largest absolute Gasteiger partial charge is 0.369 e. The molecule has 1 fully saturated rings. The van der Waals surface area contributed by atoms with Crippen LogP contribution in [0.2, 0.25) is 0 Å². The van der Waals surface area contributed by atoms with E-state index >= 15 is 0 Å². The molecule has 0 unspecified atom stereocenters. The van der Waals surface area contributed by atoms with Crippen LogP contribution in [-0.2, 0) is 11.2 Å². The fraction of sp³-hybridized carbons (Fsp3) is 0.500. The first-order valence-electron chi connectivity index (χ1n) is 6.69. The molecule has 0 atom stereocenters. The summed E-state index contributed by atoms with van der Waals surface area (Å²) in [5.74, 6) is 0.653. The van der Waals surface area contributed by atoms with Crippen molar-refractivity contribution in [2.45, 2.75) is 13.3 Å². The molecule has 0 spiro atoms. The maximum absolute atomic E-state index is 10.9. The lowest BCUT2D eigenvalue weighted by atomic mass is 10.2. The van der Waals surface area contributed by atoms with E-state index < -0.39 is 0 Å². The highest BCUT2D eigenvalue weighted by Crippen LogP contribution is 2.19. The van der Waals surface area contributed by atoms with Crippen molar-refractivity contribution in [2.24, 2.45) is 5.73 Å². The molecule has 2 N–H and O–H groups in total. The highest BCUT2D eigenvalue weighted by atomic mass is 16.1. The Hall–Kier alpha value is -2.13. The van der Waals surface area contributed by atoms with E-state index in [1.54, 1.807) is 0 Å². The molecule has 2 heterocycles. The van der Waals surface area contributed by atoms with Gasteiger partial charge in [0, 0.05) is 26.2 Å². The summed E-state index contributed by atoms with van der Waals surface area (Å²) in [5, 5.41) is 8.75. The van der Waals surface area contributed by atoms with Crippen molar-refractivity contribution in [3.8, 4) is 6.07 Å². The van der Waals surface area contributed by atoms with Crippen molar-refractivity contribution in [3.63, 3.8) is 0 Å². The van der Waals surface area contributed by atoms with Gasteiger partial charge in [-0.25, -0.2) is 4.98 Å². The van der Waals surface area contributed by atoms with Crippen LogP contribution in [0, 0.1) is 18.3 Å². The third-order valence-corrected chi connectivity index (χ3v) is 3.44. The molecule has 2 rings (SSSR count). The number of hydrogen-bond donors (Lipinski definition) is 1. The molecule has 106 valence electrons. The molecule has 0 radical (unpaired) electrons. The van der Waals surface area contributed by atoms with Gasteiger partial charge in [-0.15, -0.1) is 0 Å². The predicted octanol–water partition coefficient (Wildman–Crippen LogP) is 0.0634. The van der Waals surface area contributed by atoms with E-state index in [2.05, 4.69) is 16.0 Å². The van der Waals surface area contributed by atoms with Crippen molar-refractivity contribution >= 4 is 11.7 Å². The lowest BCUT2D eigenvalue weighted by Crippen LogP contribution is -2.49. The molecule has 0 bridgehead atoms. The Balaban J connectivity index is 2.04. The zero-order valence-corrected chi connectivity index (χ0v) is 11.7. The third kappa shape index (κ3) is 3.45. The molecule has 1 saturated heterocycles. The van der Waals surface area contributed by atoms with Gasteiger partial charge in [0.15, 0.2) is 0 Å². The average molecular weight is 273 g/mol. The van der Waals surface area contributed by atoms with Crippen LogP contribution in [0.25, 0.3) is 0 Å². The highest BCUT2D eigenvalue weighted by molar-refractivity contribution is 5.75. The van der Waals surface area contributed by atoms with Crippen LogP contribution in [0.5, 0.6) is 0 Å². The summed E-state index contributed by atoms with van der Waals surface area (Å²) in [6, 6.07) is 6.02. The number of nitrogens with zero attached hydrogens (tertiary/aromatic N) is 4. The van der Waals surface area contributed by atoms with E-state index in [1.807, 2.05) is 24.0 Å². The normalized spacial score (nSPS) is 15.9. The van der Waals surface area contributed by atoms with E-state index in [9.17, 15) is 4.79 Å². The molecule has 20 heavy (non-hydrogen) atoms. The Morgan fingerprint density at radius 2 is 2.10 bits per heavy atom. The van der Waals surface area contributed by atoms with E-state index in [0.29, 0.717) is 13.0 Å². The second-order valence-electron chi connectivity index (χ2n) is 5.01. The number of carbonyl (C=O) groups is 1. The number of aryl methyl sites for hydroxylation is 1. The van der Waals surface area contributed by atoms with Gasteiger partial charge >= 0.3 is 0 Å². The summed E-state index contributed by atoms with van der Waals surface area (Å²) in [5.41, 5.74) is 7.11. The van der Waals surface area contributed by atoms with Gasteiger partial charge < -0.3 is 10.6 Å². The Morgan fingerprint density at radius 3 is 2.70 bits per heavy atom. The molecule has 0 aromatic carbocycles. The van der Waals surface area contributed by atoms with Crippen LogP contribution in [-0.4, -0.2) is 48.5 Å². The van der Waals surface area contributed by atoms with Crippen molar-refractivity contribution in [1.29, 1.82) is 5.26 Å². The van der Waals surface area contributed by atoms with Gasteiger partial charge in [0.2, 0.25) is 5.91 Å². The molecule has 1 aromatic rings. The Bertz CT molecular complexity index is 529. The Labute approximate surface area is 118 Å². The maximum atomic E-state index is 10.9. The number of nitrogens with two attached hydrogens (primary N) is 1. The quantitative estimate of drug-likeness (QED) is 0.838. The molecule has 1 aromatic heterocycles. The minimum Gasteiger partial charge on any atom is -0.369 e. The first-order valence-corrected chi connectivity index (χ1v) is 6.69. The molecular weight excluding hydrogens is 254 g/mol. The zero-order chi connectivity index (χ0) is 14.5. The Morgan fingerprint density at radius 1 is 1.40 bits per heavy atom. The number of nitriles is 1. The minimum atomic E-state index is -0.288. The number of carbonyl (C=O) groups excluding carboxylic acids is 1. The van der Waals surface area contributed by atoms with Crippen molar-refractivity contribution in [3.05, 3.63) is 23.4 Å². The zero-order valence-electron chi connectivity index (χ0n) is 11.7. The monoisotopic (exact) mass is 273 g/mol. The van der Waals surface area contributed by atoms with Crippen LogP contribution in [0.3, 0.4) is 0 Å². The van der Waals surface area contributed by atoms with Crippen LogP contribution < -0.4 is 10.6 Å². The molecular formula is C14H19N5O. The van der Waals surface area contributed by atoms with Gasteiger partial charge in [-0.3, -0.25) is 9.69 Å². The molecule has 6 nitrogen and oxygen atoms in total. The van der Waals surface area contributed by atoms with Gasteiger partial charge in [0.1, 0.15) is 5.82 Å². The maximum Gasteiger partial charge on any atom is 0.231 e. The summed E-state index contributed by atoms with van der Waals surface area (Å²) >= 11 is 0. The summed E-state index contributed by atoms with van der Waals surface area (Å²) in [6.45, 7) is 5.57. The molecule has 1 aliphatic heterocycles. The molecule has 1 amide bonds. The number of pyridine rings is 1. The van der Waals surface area contributed by atoms with Crippen molar-refractivity contribution < 1.29 is 4.79 Å². The third-order valence-electron chi connectivity index (χ3n) is 3.44. The number of primary amides is 1. The second kappa shape index (κ2) is 6.35. The van der Waals surface area contributed by atoms with Crippen LogP contribution in [0.1, 0.15) is 11.3 Å². The summed E-state index contributed by atoms with van der Waals surface area (Å²) in [6.07, 6.45) is 0.328. The lowest BCUT2D eigenvalue weighted by Gasteiger charge is -2.35. The van der Waals surface area contributed by atoms with Crippen LogP contribution >= 0.6 is 0 Å². The van der Waals surface area contributed by atoms with Crippen LogP contribution in [0.4, 0.5) is 5.82 Å². The molecule has 6 heteroatoms. The fourth-order valence-electron chi connectivity index (χ4n) is 2.39. The standard InChI is InChI=1S/C14H19N5O/c1-11-2-3-12(4-5-15)17-14(11)19-8-6-18(7-9-19)10-13(16)20/h2-3H,4,6-10H2,1H3,(H2,16,20). The van der Waals surface area contributed by atoms with Crippen LogP contribution in [0.15, 0.2) is 12.1 Å². The van der Waals surface area contributed by atoms with Gasteiger partial charge in [0.25, 0.3) is 0 Å². The Kier molecular flexibility index (Phi) is 4.53. The summed E-state index contributed by atoms with van der Waals surface area (Å²) in [4.78, 5) is 19.7. The van der Waals surface area contributed by atoms with E-state index in [0.717, 1.165) is 43.3 Å². The number of anilines is 1. The number of piperazine rings is 1. The second-order valence-corrected chi connectivity index (χ2v) is 5.01. The average Bonchev–Trinajstić information content (AvgIpc) is 2.42. The van der Waals surface area contributed by atoms with Gasteiger partial charge in [-0.1, -0.05) is 6.07 Å². The molecule has 1 aliphatic rings. The van der Waals surface area contributed by atoms with Crippen molar-refractivity contribution in [1.82, 2.24) is 9.88 Å². The predicted molar refractivity (Wildman–Crippen MR) is 76.1 cm³/mol. The van der Waals surface area contributed by atoms with Gasteiger partial charge in [-0.05, 0) is 18.6 Å². The molecule has 0 saturated carbocycles. The van der Waals surface area contributed by atoms with E-state index in [1.165, 1.54) is 0 Å². The SMILES string of the molecule is Cc1ccc(CC#N)nc1N1CCN(CC(N)=O)CC1. The van der Waals surface area contributed by atoms with Gasteiger partial charge in [0.05, 0.1) is 24.7 Å². The van der Waals surface area contributed by atoms with E-state index in [4.69, 9.17) is 11.0 Å². The minimum absolute atomic E-state index is 0.288. The number of hydrogen-bond acceptors (Lipinski definition) is 5.